The number of amides is 1. The highest BCUT2D eigenvalue weighted by Crippen LogP contribution is 2.28. The molecule has 2 rings (SSSR count). The van der Waals surface area contributed by atoms with E-state index in [4.69, 9.17) is 14.2 Å². The number of likely N-dealkylation sites (tertiary alicyclic amines) is 1. The molecular formula is C19H28N2O5. The van der Waals surface area contributed by atoms with Gasteiger partial charge in [-0.25, -0.2) is 9.59 Å². The number of ether oxygens (including phenoxy) is 3. The van der Waals surface area contributed by atoms with Crippen molar-refractivity contribution in [3.05, 3.63) is 23.8 Å². The molecule has 1 fully saturated rings. The third-order valence-electron chi connectivity index (χ3n) is 4.13. The van der Waals surface area contributed by atoms with Crippen molar-refractivity contribution >= 4 is 17.7 Å². The van der Waals surface area contributed by atoms with Gasteiger partial charge in [0.2, 0.25) is 0 Å². The molecule has 1 aliphatic heterocycles. The van der Waals surface area contributed by atoms with E-state index < -0.39 is 11.6 Å². The molecule has 0 aliphatic carbocycles. The van der Waals surface area contributed by atoms with E-state index in [1.54, 1.807) is 24.1 Å². The van der Waals surface area contributed by atoms with E-state index >= 15 is 0 Å². The van der Waals surface area contributed by atoms with Crippen LogP contribution in [-0.4, -0.2) is 55.9 Å². The Bertz CT molecular complexity index is 646. The highest BCUT2D eigenvalue weighted by atomic mass is 16.6. The van der Waals surface area contributed by atoms with Gasteiger partial charge in [0.05, 0.1) is 25.5 Å². The van der Waals surface area contributed by atoms with Crippen molar-refractivity contribution < 1.29 is 23.8 Å². The van der Waals surface area contributed by atoms with Gasteiger partial charge in [0.15, 0.2) is 0 Å². The first-order valence-electron chi connectivity index (χ1n) is 8.74. The van der Waals surface area contributed by atoms with Gasteiger partial charge in [-0.2, -0.15) is 0 Å². The van der Waals surface area contributed by atoms with Crippen LogP contribution < -0.4 is 10.1 Å². The molecular weight excluding hydrogens is 336 g/mol. The van der Waals surface area contributed by atoms with Gasteiger partial charge in [0.25, 0.3) is 0 Å². The number of esters is 1. The molecule has 1 saturated heterocycles. The van der Waals surface area contributed by atoms with E-state index in [1.165, 1.54) is 7.11 Å². The van der Waals surface area contributed by atoms with Crippen molar-refractivity contribution in [2.24, 2.45) is 0 Å². The largest absolute Gasteiger partial charge is 0.495 e. The number of rotatable bonds is 4. The monoisotopic (exact) mass is 364 g/mol. The predicted octanol–water partition coefficient (Wildman–Crippen LogP) is 3.29. The Morgan fingerprint density at radius 3 is 2.35 bits per heavy atom. The van der Waals surface area contributed by atoms with Gasteiger partial charge in [-0.05, 0) is 51.8 Å². The van der Waals surface area contributed by atoms with Crippen LogP contribution in [-0.2, 0) is 9.47 Å². The van der Waals surface area contributed by atoms with Gasteiger partial charge in [-0.1, -0.05) is 0 Å². The van der Waals surface area contributed by atoms with Crippen molar-refractivity contribution in [3.63, 3.8) is 0 Å². The van der Waals surface area contributed by atoms with Crippen LogP contribution in [0.1, 0.15) is 44.0 Å². The SMILES string of the molecule is COC(=O)c1ccc(NC2CCN(C(=O)OC(C)(C)C)CC2)c(OC)c1. The lowest BCUT2D eigenvalue weighted by atomic mass is 10.0. The highest BCUT2D eigenvalue weighted by molar-refractivity contribution is 5.90. The van der Waals surface area contributed by atoms with Crippen molar-refractivity contribution in [3.8, 4) is 5.75 Å². The van der Waals surface area contributed by atoms with Gasteiger partial charge in [-0.15, -0.1) is 0 Å². The molecule has 0 unspecified atom stereocenters. The van der Waals surface area contributed by atoms with Crippen LogP contribution in [0, 0.1) is 0 Å². The van der Waals surface area contributed by atoms with Gasteiger partial charge < -0.3 is 24.4 Å². The van der Waals surface area contributed by atoms with Crippen molar-refractivity contribution in [1.29, 1.82) is 0 Å². The molecule has 7 nitrogen and oxygen atoms in total. The van der Waals surface area contributed by atoms with E-state index in [2.05, 4.69) is 5.32 Å². The number of anilines is 1. The van der Waals surface area contributed by atoms with Crippen LogP contribution in [0.4, 0.5) is 10.5 Å². The molecule has 1 aromatic rings. The lowest BCUT2D eigenvalue weighted by Crippen LogP contribution is -2.44. The van der Waals surface area contributed by atoms with Gasteiger partial charge in [-0.3, -0.25) is 0 Å². The van der Waals surface area contributed by atoms with Crippen LogP contribution in [0.25, 0.3) is 0 Å². The van der Waals surface area contributed by atoms with Crippen LogP contribution in [0.3, 0.4) is 0 Å². The smallest absolute Gasteiger partial charge is 0.410 e. The van der Waals surface area contributed by atoms with E-state index in [1.807, 2.05) is 26.8 Å². The van der Waals surface area contributed by atoms with Crippen LogP contribution in [0.2, 0.25) is 0 Å². The number of carbonyl (C=O) groups is 2. The maximum atomic E-state index is 12.1. The van der Waals surface area contributed by atoms with Crippen molar-refractivity contribution in [2.75, 3.05) is 32.6 Å². The van der Waals surface area contributed by atoms with Gasteiger partial charge >= 0.3 is 12.1 Å². The molecule has 1 N–H and O–H groups in total. The fourth-order valence-electron chi connectivity index (χ4n) is 2.81. The van der Waals surface area contributed by atoms with Crippen LogP contribution in [0.5, 0.6) is 5.75 Å². The summed E-state index contributed by atoms with van der Waals surface area (Å²) in [5.41, 5.74) is 0.770. The van der Waals surface area contributed by atoms with Gasteiger partial charge in [0.1, 0.15) is 11.4 Å². The van der Waals surface area contributed by atoms with E-state index in [-0.39, 0.29) is 12.1 Å². The Morgan fingerprint density at radius 2 is 1.81 bits per heavy atom. The fourth-order valence-corrected chi connectivity index (χ4v) is 2.81. The summed E-state index contributed by atoms with van der Waals surface area (Å²) in [5, 5.41) is 3.44. The number of nitrogens with zero attached hydrogens (tertiary/aromatic N) is 1. The molecule has 1 heterocycles. The summed E-state index contributed by atoms with van der Waals surface area (Å²) in [4.78, 5) is 25.5. The summed E-state index contributed by atoms with van der Waals surface area (Å²) in [6, 6.07) is 5.38. The topological polar surface area (TPSA) is 77.1 Å². The lowest BCUT2D eigenvalue weighted by molar-refractivity contribution is 0.0210. The number of hydrogen-bond acceptors (Lipinski definition) is 6. The van der Waals surface area contributed by atoms with Gasteiger partial charge in [0, 0.05) is 19.1 Å². The second-order valence-corrected chi connectivity index (χ2v) is 7.29. The normalized spacial score (nSPS) is 15.3. The number of piperidine rings is 1. The summed E-state index contributed by atoms with van der Waals surface area (Å²) in [6.45, 7) is 6.86. The standard InChI is InChI=1S/C19H28N2O5/c1-19(2,3)26-18(23)21-10-8-14(9-11-21)20-15-7-6-13(17(22)25-5)12-16(15)24-4/h6-7,12,14,20H,8-11H2,1-5H3. The Balaban J connectivity index is 1.95. The molecule has 1 aromatic carbocycles. The Morgan fingerprint density at radius 1 is 1.15 bits per heavy atom. The molecule has 0 atom stereocenters. The lowest BCUT2D eigenvalue weighted by Gasteiger charge is -2.34. The zero-order valence-corrected chi connectivity index (χ0v) is 16.1. The summed E-state index contributed by atoms with van der Waals surface area (Å²) in [6.07, 6.45) is 1.35. The summed E-state index contributed by atoms with van der Waals surface area (Å²) in [7, 11) is 2.91. The Kier molecular flexibility index (Phi) is 6.34. The number of hydrogen-bond donors (Lipinski definition) is 1. The molecule has 144 valence electrons. The zero-order valence-electron chi connectivity index (χ0n) is 16.1. The first-order chi connectivity index (χ1) is 12.2. The minimum Gasteiger partial charge on any atom is -0.495 e. The molecule has 7 heteroatoms. The first-order valence-corrected chi connectivity index (χ1v) is 8.74. The van der Waals surface area contributed by atoms with E-state index in [0.717, 1.165) is 18.5 Å². The number of carbonyl (C=O) groups excluding carboxylic acids is 2. The summed E-state index contributed by atoms with van der Waals surface area (Å²) in [5.74, 6) is 0.183. The second kappa shape index (κ2) is 8.29. The first kappa shape index (κ1) is 19.9. The third kappa shape index (κ3) is 5.28. The second-order valence-electron chi connectivity index (χ2n) is 7.29. The molecule has 0 saturated carbocycles. The minimum absolute atomic E-state index is 0.214. The molecule has 0 spiro atoms. The third-order valence-corrected chi connectivity index (χ3v) is 4.13. The highest BCUT2D eigenvalue weighted by Gasteiger charge is 2.27. The summed E-state index contributed by atoms with van der Waals surface area (Å²) < 4.78 is 15.5. The molecule has 0 bridgehead atoms. The Labute approximate surface area is 154 Å². The number of benzene rings is 1. The Hall–Kier alpha value is -2.44. The number of methoxy groups -OCH3 is 2. The molecule has 0 aromatic heterocycles. The van der Waals surface area contributed by atoms with Crippen molar-refractivity contribution in [2.45, 2.75) is 45.3 Å². The maximum Gasteiger partial charge on any atom is 0.410 e. The zero-order chi connectivity index (χ0) is 19.3. The molecule has 1 amide bonds. The number of nitrogens with one attached hydrogen (secondary N) is 1. The van der Waals surface area contributed by atoms with Crippen LogP contribution in [0.15, 0.2) is 18.2 Å². The van der Waals surface area contributed by atoms with E-state index in [0.29, 0.717) is 24.4 Å². The van der Waals surface area contributed by atoms with Crippen LogP contribution >= 0.6 is 0 Å². The van der Waals surface area contributed by atoms with Crippen molar-refractivity contribution in [1.82, 2.24) is 4.90 Å². The fraction of sp³-hybridized carbons (Fsp3) is 0.579. The average molecular weight is 364 g/mol. The maximum absolute atomic E-state index is 12.1. The summed E-state index contributed by atoms with van der Waals surface area (Å²) >= 11 is 0. The quantitative estimate of drug-likeness (QED) is 0.826. The molecule has 1 aliphatic rings. The minimum atomic E-state index is -0.485. The average Bonchev–Trinajstić information content (AvgIpc) is 2.60. The molecule has 26 heavy (non-hydrogen) atoms. The van der Waals surface area contributed by atoms with E-state index in [9.17, 15) is 9.59 Å². The predicted molar refractivity (Wildman–Crippen MR) is 98.8 cm³/mol. The molecule has 0 radical (unpaired) electrons.